The highest BCUT2D eigenvalue weighted by Crippen LogP contribution is 2.38. The molecule has 2 aliphatic heterocycles. The molecule has 4 aromatic rings. The fraction of sp³-hybridized carbons (Fsp3) is 0.426. The first-order chi connectivity index (χ1) is 31.1. The largest absolute Gasteiger partial charge is 0.491 e. The van der Waals surface area contributed by atoms with Gasteiger partial charge in [0.15, 0.2) is 10.8 Å². The molecule has 3 heterocycles. The van der Waals surface area contributed by atoms with Gasteiger partial charge in [-0.25, -0.2) is 9.83 Å². The molecular formula is C47H55N7O9S2. The van der Waals surface area contributed by atoms with Crippen molar-refractivity contribution in [1.29, 1.82) is 0 Å². The molecule has 2 saturated heterocycles. The van der Waals surface area contributed by atoms with E-state index in [-0.39, 0.29) is 44.5 Å². The number of nitrogens with zero attached hydrogens (tertiary/aromatic N) is 5. The summed E-state index contributed by atoms with van der Waals surface area (Å²) < 4.78 is 23.6. The van der Waals surface area contributed by atoms with Gasteiger partial charge in [-0.3, -0.25) is 24.1 Å². The van der Waals surface area contributed by atoms with Crippen molar-refractivity contribution in [3.63, 3.8) is 0 Å². The Kier molecular flexibility index (Phi) is 16.3. The SMILES string of the molecule is [C-]#[N+]c1ccc(N2C(=O)C(C)(C)N(c3ccc(OCCOCCOCCOc4cc(-c5scnc5C)ccc4CNC(=O)[C@@H]4C[C@@H](O)CN4C(=O)[C@H](CC)NC(C)=O)cc3)C2=S)cc1C. The number of aryl methyl sites for hydroxylation is 2. The molecule has 18 heteroatoms. The Hall–Kier alpha value is -5.97. The van der Waals surface area contributed by atoms with Crippen LogP contribution in [0.3, 0.4) is 0 Å². The van der Waals surface area contributed by atoms with Crippen molar-refractivity contribution in [2.24, 2.45) is 0 Å². The Bertz CT molecular complexity index is 2420. The van der Waals surface area contributed by atoms with Crippen LogP contribution in [0.5, 0.6) is 11.5 Å². The fourth-order valence-electron chi connectivity index (χ4n) is 7.75. The van der Waals surface area contributed by atoms with Gasteiger partial charge < -0.3 is 44.5 Å². The van der Waals surface area contributed by atoms with Crippen molar-refractivity contribution in [3.8, 4) is 21.9 Å². The summed E-state index contributed by atoms with van der Waals surface area (Å²) >= 11 is 7.33. The van der Waals surface area contributed by atoms with Gasteiger partial charge in [-0.2, -0.15) is 0 Å². The van der Waals surface area contributed by atoms with Crippen LogP contribution in [0.15, 0.2) is 66.2 Å². The van der Waals surface area contributed by atoms with Crippen LogP contribution in [0, 0.1) is 20.4 Å². The van der Waals surface area contributed by atoms with Gasteiger partial charge in [0.05, 0.1) is 55.2 Å². The molecule has 0 saturated carbocycles. The highest BCUT2D eigenvalue weighted by atomic mass is 32.1. The third-order valence-electron chi connectivity index (χ3n) is 11.2. The quantitative estimate of drug-likeness (QED) is 0.0547. The number of hydrogen-bond acceptors (Lipinski definition) is 12. The second-order valence-corrected chi connectivity index (χ2v) is 17.4. The Morgan fingerprint density at radius 2 is 1.66 bits per heavy atom. The fourth-order valence-corrected chi connectivity index (χ4v) is 9.07. The molecule has 3 N–H and O–H groups in total. The lowest BCUT2D eigenvalue weighted by Crippen LogP contribution is -2.53. The van der Waals surface area contributed by atoms with Crippen LogP contribution in [-0.4, -0.2) is 114 Å². The molecule has 6 rings (SSSR count). The van der Waals surface area contributed by atoms with E-state index in [0.29, 0.717) is 66.4 Å². The first kappa shape index (κ1) is 48.5. The van der Waals surface area contributed by atoms with Crippen LogP contribution < -0.4 is 29.9 Å². The maximum Gasteiger partial charge on any atom is 0.259 e. The average Bonchev–Trinajstić information content (AvgIpc) is 3.95. The molecule has 0 bridgehead atoms. The van der Waals surface area contributed by atoms with E-state index in [1.54, 1.807) is 30.6 Å². The number of benzene rings is 3. The maximum atomic E-state index is 13.6. The van der Waals surface area contributed by atoms with Crippen molar-refractivity contribution in [2.45, 2.75) is 84.7 Å². The molecule has 16 nitrogen and oxygen atoms in total. The summed E-state index contributed by atoms with van der Waals surface area (Å²) in [6.07, 6.45) is -0.426. The van der Waals surface area contributed by atoms with Gasteiger partial charge >= 0.3 is 0 Å². The van der Waals surface area contributed by atoms with Gasteiger partial charge in [-0.05, 0) is 99.9 Å². The zero-order chi connectivity index (χ0) is 46.8. The van der Waals surface area contributed by atoms with Crippen molar-refractivity contribution in [3.05, 3.63) is 94.4 Å². The molecule has 0 aliphatic carbocycles. The Balaban J connectivity index is 0.943. The Labute approximate surface area is 388 Å². The molecule has 0 unspecified atom stereocenters. The van der Waals surface area contributed by atoms with Gasteiger partial charge in [0, 0.05) is 43.4 Å². The predicted molar refractivity (Wildman–Crippen MR) is 251 cm³/mol. The van der Waals surface area contributed by atoms with Gasteiger partial charge in [0.25, 0.3) is 5.91 Å². The van der Waals surface area contributed by atoms with E-state index in [9.17, 15) is 24.3 Å². The number of rotatable bonds is 20. The Morgan fingerprint density at radius 1 is 0.985 bits per heavy atom. The van der Waals surface area contributed by atoms with E-state index in [2.05, 4.69) is 20.5 Å². The molecule has 3 aromatic carbocycles. The summed E-state index contributed by atoms with van der Waals surface area (Å²) in [4.78, 5) is 65.6. The van der Waals surface area contributed by atoms with Crippen molar-refractivity contribution >= 4 is 69.4 Å². The first-order valence-corrected chi connectivity index (χ1v) is 22.7. The van der Waals surface area contributed by atoms with E-state index in [4.69, 9.17) is 37.7 Å². The summed E-state index contributed by atoms with van der Waals surface area (Å²) in [5.74, 6) is -0.147. The highest BCUT2D eigenvalue weighted by Gasteiger charge is 2.50. The molecule has 3 atom stereocenters. The van der Waals surface area contributed by atoms with E-state index >= 15 is 0 Å². The number of carbonyl (C=O) groups is 4. The maximum absolute atomic E-state index is 13.6. The summed E-state index contributed by atoms with van der Waals surface area (Å²) in [6.45, 7) is 19.8. The lowest BCUT2D eigenvalue weighted by Gasteiger charge is -2.29. The van der Waals surface area contributed by atoms with E-state index in [1.165, 1.54) is 28.1 Å². The number of likely N-dealkylation sites (tertiary alicyclic amines) is 1. The molecule has 0 radical (unpaired) electrons. The number of thiocarbonyl (C=S) groups is 1. The molecule has 1 aromatic heterocycles. The summed E-state index contributed by atoms with van der Waals surface area (Å²) in [5.41, 5.74) is 6.02. The Morgan fingerprint density at radius 3 is 2.29 bits per heavy atom. The lowest BCUT2D eigenvalue weighted by molar-refractivity contribution is -0.141. The molecule has 2 fully saturated rings. The standard InChI is InChI=1S/C47H55N7O9S2/c1-8-38(51-31(4)55)44(58)52-27-36(56)25-40(52)43(57)49-26-33-10-9-32(42-30(3)50-28-65-42)24-41(33)63-22-20-61-18-17-60-19-21-62-37-14-11-34(12-15-37)54-46(64)53(45(59)47(54,5)6)35-13-16-39(48-7)29(2)23-35/h9-16,23-24,28,36,38,40,56H,8,17-22,25-27H2,1-6H3,(H,49,57)(H,51,55)/t36-,38+,40+/m1/s1. The first-order valence-electron chi connectivity index (χ1n) is 21.4. The van der Waals surface area contributed by atoms with E-state index in [0.717, 1.165) is 27.4 Å². The number of aliphatic hydroxyl groups is 1. The van der Waals surface area contributed by atoms with Crippen molar-refractivity contribution < 1.29 is 43.2 Å². The minimum absolute atomic E-state index is 0.00162. The zero-order valence-electron chi connectivity index (χ0n) is 37.4. The molecule has 2 aliphatic rings. The summed E-state index contributed by atoms with van der Waals surface area (Å²) in [6, 6.07) is 16.7. The van der Waals surface area contributed by atoms with Crippen molar-refractivity contribution in [1.82, 2.24) is 20.5 Å². The number of aromatic nitrogens is 1. The molecule has 65 heavy (non-hydrogen) atoms. The minimum atomic E-state index is -0.937. The topological polar surface area (TPSA) is 176 Å². The van der Waals surface area contributed by atoms with Gasteiger partial charge in [-0.1, -0.05) is 25.1 Å². The highest BCUT2D eigenvalue weighted by molar-refractivity contribution is 7.81. The molecule has 344 valence electrons. The number of anilines is 2. The summed E-state index contributed by atoms with van der Waals surface area (Å²) in [7, 11) is 0. The van der Waals surface area contributed by atoms with E-state index in [1.807, 2.05) is 75.1 Å². The van der Waals surface area contributed by atoms with Gasteiger partial charge in [0.1, 0.15) is 42.3 Å². The van der Waals surface area contributed by atoms with Gasteiger partial charge in [-0.15, -0.1) is 11.3 Å². The second kappa shape index (κ2) is 21.8. The normalized spacial score (nSPS) is 17.2. The number of amides is 4. The van der Waals surface area contributed by atoms with Crippen LogP contribution in [-0.2, 0) is 35.2 Å². The zero-order valence-corrected chi connectivity index (χ0v) is 39.1. The molecule has 0 spiro atoms. The van der Waals surface area contributed by atoms with Crippen molar-refractivity contribution in [2.75, 3.05) is 56.0 Å². The third-order valence-corrected chi connectivity index (χ3v) is 12.5. The second-order valence-electron chi connectivity index (χ2n) is 16.2. The smallest absolute Gasteiger partial charge is 0.259 e. The van der Waals surface area contributed by atoms with Crippen LogP contribution in [0.2, 0.25) is 0 Å². The van der Waals surface area contributed by atoms with Gasteiger partial charge in [0.2, 0.25) is 17.7 Å². The molecule has 4 amide bonds. The average molecular weight is 926 g/mol. The predicted octanol–water partition coefficient (Wildman–Crippen LogP) is 5.88. The molecular weight excluding hydrogens is 871 g/mol. The summed E-state index contributed by atoms with van der Waals surface area (Å²) in [5, 5.41) is 16.3. The number of ether oxygens (including phenoxy) is 4. The third kappa shape index (κ3) is 11.5. The number of thiazole rings is 1. The van der Waals surface area contributed by atoms with Crippen LogP contribution in [0.4, 0.5) is 17.1 Å². The lowest BCUT2D eigenvalue weighted by atomic mass is 10.0. The monoisotopic (exact) mass is 925 g/mol. The number of aliphatic hydroxyl groups excluding tert-OH is 1. The van der Waals surface area contributed by atoms with Crippen LogP contribution >= 0.6 is 23.6 Å². The number of carbonyl (C=O) groups excluding carboxylic acids is 4. The van der Waals surface area contributed by atoms with Crippen LogP contribution in [0.1, 0.15) is 57.4 Å². The van der Waals surface area contributed by atoms with E-state index < -0.39 is 35.5 Å². The number of hydrogen-bond donors (Lipinski definition) is 3. The minimum Gasteiger partial charge on any atom is -0.491 e. The number of β-amino-alcohol motifs (C(OH)–C–C–N with tert-alkyl or cyclic N) is 1. The number of nitrogens with one attached hydrogen (secondary N) is 2. The van der Waals surface area contributed by atoms with Crippen LogP contribution in [0.25, 0.3) is 15.3 Å².